The standard InChI is InChI=1S/C19H26N4O2/c1-4-23-14(3)18(13(2)22-23)21-19(24)20-16-10-11-25-17(12-16)15-8-6-5-7-9-15/h5-9,16-17H,4,10-12H2,1-3H3,(H2,20,21,24). The number of ether oxygens (including phenoxy) is 1. The summed E-state index contributed by atoms with van der Waals surface area (Å²) < 4.78 is 7.76. The van der Waals surface area contributed by atoms with Gasteiger partial charge in [0, 0.05) is 19.2 Å². The number of urea groups is 1. The van der Waals surface area contributed by atoms with E-state index in [-0.39, 0.29) is 18.2 Å². The lowest BCUT2D eigenvalue weighted by Gasteiger charge is -2.30. The fraction of sp³-hybridized carbons (Fsp3) is 0.474. The third kappa shape index (κ3) is 4.02. The van der Waals surface area contributed by atoms with Gasteiger partial charge in [-0.05, 0) is 39.2 Å². The number of carbonyl (C=O) groups excluding carboxylic acids is 1. The van der Waals surface area contributed by atoms with Crippen molar-refractivity contribution in [1.82, 2.24) is 15.1 Å². The molecule has 2 unspecified atom stereocenters. The molecule has 1 saturated heterocycles. The Morgan fingerprint density at radius 2 is 2.08 bits per heavy atom. The first-order valence-electron chi connectivity index (χ1n) is 8.86. The van der Waals surface area contributed by atoms with E-state index in [1.165, 1.54) is 0 Å². The van der Waals surface area contributed by atoms with Crippen LogP contribution in [0.25, 0.3) is 0 Å². The molecule has 25 heavy (non-hydrogen) atoms. The first-order chi connectivity index (χ1) is 12.1. The summed E-state index contributed by atoms with van der Waals surface area (Å²) in [5.74, 6) is 0. The lowest BCUT2D eigenvalue weighted by atomic mass is 9.97. The lowest BCUT2D eigenvalue weighted by molar-refractivity contribution is 0.00253. The summed E-state index contributed by atoms with van der Waals surface area (Å²) in [6.07, 6.45) is 1.64. The number of hydrogen-bond acceptors (Lipinski definition) is 3. The van der Waals surface area contributed by atoms with Gasteiger partial charge < -0.3 is 15.4 Å². The Hall–Kier alpha value is -2.34. The number of benzene rings is 1. The van der Waals surface area contributed by atoms with Crippen molar-refractivity contribution in [3.63, 3.8) is 0 Å². The van der Waals surface area contributed by atoms with Gasteiger partial charge in [-0.15, -0.1) is 0 Å². The zero-order chi connectivity index (χ0) is 17.8. The summed E-state index contributed by atoms with van der Waals surface area (Å²) in [7, 11) is 0. The van der Waals surface area contributed by atoms with Crippen molar-refractivity contribution >= 4 is 11.7 Å². The van der Waals surface area contributed by atoms with Crippen LogP contribution in [-0.2, 0) is 11.3 Å². The second-order valence-corrected chi connectivity index (χ2v) is 6.45. The first kappa shape index (κ1) is 17.5. The van der Waals surface area contributed by atoms with Crippen molar-refractivity contribution in [3.05, 3.63) is 47.3 Å². The van der Waals surface area contributed by atoms with E-state index in [0.29, 0.717) is 6.61 Å². The van der Waals surface area contributed by atoms with E-state index < -0.39 is 0 Å². The number of hydrogen-bond donors (Lipinski definition) is 2. The minimum absolute atomic E-state index is 0.0339. The van der Waals surface area contributed by atoms with Gasteiger partial charge in [-0.25, -0.2) is 4.79 Å². The van der Waals surface area contributed by atoms with Crippen molar-refractivity contribution < 1.29 is 9.53 Å². The molecule has 134 valence electrons. The van der Waals surface area contributed by atoms with Crippen molar-refractivity contribution in [1.29, 1.82) is 0 Å². The van der Waals surface area contributed by atoms with E-state index in [4.69, 9.17) is 4.74 Å². The van der Waals surface area contributed by atoms with Crippen LogP contribution >= 0.6 is 0 Å². The minimum Gasteiger partial charge on any atom is -0.373 e. The second kappa shape index (κ2) is 7.70. The van der Waals surface area contributed by atoms with Gasteiger partial charge in [-0.1, -0.05) is 30.3 Å². The largest absolute Gasteiger partial charge is 0.373 e. The number of amides is 2. The Kier molecular flexibility index (Phi) is 5.38. The maximum absolute atomic E-state index is 12.4. The molecule has 0 spiro atoms. The Morgan fingerprint density at radius 1 is 1.32 bits per heavy atom. The molecular weight excluding hydrogens is 316 g/mol. The van der Waals surface area contributed by atoms with Crippen molar-refractivity contribution in [3.8, 4) is 0 Å². The Bertz CT molecular complexity index is 727. The fourth-order valence-corrected chi connectivity index (χ4v) is 3.35. The molecule has 2 N–H and O–H groups in total. The van der Waals surface area contributed by atoms with E-state index in [2.05, 4.69) is 27.9 Å². The van der Waals surface area contributed by atoms with Crippen LogP contribution in [0.2, 0.25) is 0 Å². The lowest BCUT2D eigenvalue weighted by Crippen LogP contribution is -2.42. The molecule has 0 aliphatic carbocycles. The summed E-state index contributed by atoms with van der Waals surface area (Å²) >= 11 is 0. The molecule has 3 rings (SSSR count). The van der Waals surface area contributed by atoms with Crippen LogP contribution in [0.1, 0.15) is 42.8 Å². The van der Waals surface area contributed by atoms with Crippen LogP contribution in [0, 0.1) is 13.8 Å². The normalized spacial score (nSPS) is 20.3. The Balaban J connectivity index is 1.60. The van der Waals surface area contributed by atoms with Gasteiger partial charge in [0.25, 0.3) is 0 Å². The number of nitrogens with one attached hydrogen (secondary N) is 2. The van der Waals surface area contributed by atoms with E-state index in [1.807, 2.05) is 43.7 Å². The van der Waals surface area contributed by atoms with Gasteiger partial charge in [0.1, 0.15) is 0 Å². The van der Waals surface area contributed by atoms with Crippen molar-refractivity contribution in [2.45, 2.75) is 52.3 Å². The van der Waals surface area contributed by atoms with Crippen LogP contribution in [0.4, 0.5) is 10.5 Å². The monoisotopic (exact) mass is 342 g/mol. The van der Waals surface area contributed by atoms with Crippen LogP contribution in [0.5, 0.6) is 0 Å². The summed E-state index contributed by atoms with van der Waals surface area (Å²) in [6.45, 7) is 7.35. The Morgan fingerprint density at radius 3 is 2.76 bits per heavy atom. The molecule has 0 saturated carbocycles. The van der Waals surface area contributed by atoms with E-state index in [9.17, 15) is 4.79 Å². The van der Waals surface area contributed by atoms with Gasteiger partial charge >= 0.3 is 6.03 Å². The number of rotatable bonds is 4. The molecule has 1 aromatic carbocycles. The molecule has 2 amide bonds. The Labute approximate surface area is 148 Å². The SMILES string of the molecule is CCn1nc(C)c(NC(=O)NC2CCOC(c3ccccc3)C2)c1C. The molecule has 1 aromatic heterocycles. The van der Waals surface area contributed by atoms with Gasteiger partial charge in [0.05, 0.1) is 23.2 Å². The zero-order valence-electron chi connectivity index (χ0n) is 15.1. The molecule has 1 fully saturated rings. The number of aryl methyl sites for hydroxylation is 2. The molecule has 1 aliphatic rings. The molecule has 6 heteroatoms. The zero-order valence-corrected chi connectivity index (χ0v) is 15.1. The summed E-state index contributed by atoms with van der Waals surface area (Å²) in [4.78, 5) is 12.4. The number of anilines is 1. The number of carbonyl (C=O) groups is 1. The summed E-state index contributed by atoms with van der Waals surface area (Å²) in [5.41, 5.74) is 3.77. The topological polar surface area (TPSA) is 68.2 Å². The molecular formula is C19H26N4O2. The third-order valence-corrected chi connectivity index (χ3v) is 4.71. The fourth-order valence-electron chi connectivity index (χ4n) is 3.35. The van der Waals surface area contributed by atoms with E-state index >= 15 is 0 Å². The van der Waals surface area contributed by atoms with Crippen LogP contribution < -0.4 is 10.6 Å². The van der Waals surface area contributed by atoms with Crippen LogP contribution in [0.15, 0.2) is 30.3 Å². The highest BCUT2D eigenvalue weighted by molar-refractivity contribution is 5.90. The second-order valence-electron chi connectivity index (χ2n) is 6.45. The van der Waals surface area contributed by atoms with E-state index in [0.717, 1.165) is 42.0 Å². The molecule has 0 bridgehead atoms. The number of aromatic nitrogens is 2. The third-order valence-electron chi connectivity index (χ3n) is 4.71. The molecule has 6 nitrogen and oxygen atoms in total. The minimum atomic E-state index is -0.180. The van der Waals surface area contributed by atoms with Crippen molar-refractivity contribution in [2.75, 3.05) is 11.9 Å². The van der Waals surface area contributed by atoms with Gasteiger partial charge in [0.15, 0.2) is 0 Å². The molecule has 2 aromatic rings. The molecule has 2 atom stereocenters. The predicted octanol–water partition coefficient (Wildman–Crippen LogP) is 3.56. The number of nitrogens with zero attached hydrogens (tertiary/aromatic N) is 2. The van der Waals surface area contributed by atoms with E-state index in [1.54, 1.807) is 0 Å². The van der Waals surface area contributed by atoms with Crippen molar-refractivity contribution in [2.24, 2.45) is 0 Å². The van der Waals surface area contributed by atoms with Gasteiger partial charge in [0.2, 0.25) is 0 Å². The highest BCUT2D eigenvalue weighted by Gasteiger charge is 2.25. The molecule has 1 aliphatic heterocycles. The summed E-state index contributed by atoms with van der Waals surface area (Å²) in [5, 5.41) is 10.5. The highest BCUT2D eigenvalue weighted by atomic mass is 16.5. The quantitative estimate of drug-likeness (QED) is 0.893. The highest BCUT2D eigenvalue weighted by Crippen LogP contribution is 2.28. The maximum Gasteiger partial charge on any atom is 0.319 e. The average molecular weight is 342 g/mol. The van der Waals surface area contributed by atoms with Crippen LogP contribution in [0.3, 0.4) is 0 Å². The molecule has 2 heterocycles. The first-order valence-corrected chi connectivity index (χ1v) is 8.86. The van der Waals surface area contributed by atoms with Crippen LogP contribution in [-0.4, -0.2) is 28.5 Å². The molecule has 0 radical (unpaired) electrons. The van der Waals surface area contributed by atoms with Gasteiger partial charge in [-0.3, -0.25) is 4.68 Å². The summed E-state index contributed by atoms with van der Waals surface area (Å²) in [6, 6.07) is 10.1. The average Bonchev–Trinajstić information content (AvgIpc) is 2.90. The maximum atomic E-state index is 12.4. The predicted molar refractivity (Wildman–Crippen MR) is 97.7 cm³/mol. The smallest absolute Gasteiger partial charge is 0.319 e. The van der Waals surface area contributed by atoms with Gasteiger partial charge in [-0.2, -0.15) is 5.10 Å².